The molecular weight excluding hydrogens is 288 g/mol. The van der Waals surface area contributed by atoms with Crippen molar-refractivity contribution in [3.63, 3.8) is 0 Å². The summed E-state index contributed by atoms with van der Waals surface area (Å²) in [5, 5.41) is 0. The van der Waals surface area contributed by atoms with Crippen LogP contribution in [0.25, 0.3) is 0 Å². The second-order valence-electron chi connectivity index (χ2n) is 10.4. The molecule has 7 unspecified atom stereocenters. The van der Waals surface area contributed by atoms with E-state index < -0.39 is 0 Å². The Morgan fingerprint density at radius 2 is 1.75 bits per heavy atom. The van der Waals surface area contributed by atoms with E-state index in [1.807, 2.05) is 5.57 Å². The van der Waals surface area contributed by atoms with E-state index >= 15 is 0 Å². The van der Waals surface area contributed by atoms with Crippen molar-refractivity contribution >= 4 is 0 Å². The first-order valence-electron chi connectivity index (χ1n) is 11.2. The van der Waals surface area contributed by atoms with Crippen LogP contribution in [0, 0.1) is 40.4 Å². The van der Waals surface area contributed by atoms with Crippen LogP contribution in [0.15, 0.2) is 11.6 Å². The van der Waals surface area contributed by atoms with Crippen molar-refractivity contribution in [3.05, 3.63) is 11.6 Å². The third-order valence-corrected chi connectivity index (χ3v) is 9.66. The van der Waals surface area contributed by atoms with Crippen LogP contribution in [-0.4, -0.2) is 0 Å². The van der Waals surface area contributed by atoms with E-state index in [0.29, 0.717) is 10.8 Å². The Balaban J connectivity index is 1.67. The summed E-state index contributed by atoms with van der Waals surface area (Å²) in [6.07, 6.45) is 19.0. The molecule has 4 aliphatic rings. The summed E-state index contributed by atoms with van der Waals surface area (Å²) in [7, 11) is 0. The Hall–Kier alpha value is -0.260. The fraction of sp³-hybridized carbons (Fsp3) is 0.917. The molecule has 136 valence electrons. The standard InChI is InChI=1S/C24H40/c1-5-9-18-11-12-21-19-16-17(6-2)20-10-7-8-14-24(20,4)22(19)13-15-23(18,21)3/h6,18-22H,5,7-16H2,1-4H3/b17-6-. The van der Waals surface area contributed by atoms with Crippen LogP contribution in [0.3, 0.4) is 0 Å². The average Bonchev–Trinajstić information content (AvgIpc) is 2.91. The molecule has 0 heterocycles. The van der Waals surface area contributed by atoms with E-state index in [0.717, 1.165) is 29.6 Å². The Kier molecular flexibility index (Phi) is 4.41. The Morgan fingerprint density at radius 1 is 0.958 bits per heavy atom. The molecule has 4 aliphatic carbocycles. The molecule has 4 fully saturated rings. The smallest absolute Gasteiger partial charge is 0.0146 e. The normalized spacial score (nSPS) is 52.7. The van der Waals surface area contributed by atoms with Gasteiger partial charge in [0, 0.05) is 0 Å². The molecule has 0 spiro atoms. The van der Waals surface area contributed by atoms with Gasteiger partial charge in [0.25, 0.3) is 0 Å². The molecule has 0 aromatic rings. The zero-order chi connectivity index (χ0) is 16.9. The Labute approximate surface area is 150 Å². The highest BCUT2D eigenvalue weighted by Crippen LogP contribution is 2.68. The molecule has 0 aliphatic heterocycles. The minimum absolute atomic E-state index is 0.632. The topological polar surface area (TPSA) is 0 Å². The largest absolute Gasteiger partial charge is 0.0881 e. The van der Waals surface area contributed by atoms with Crippen molar-refractivity contribution in [2.75, 3.05) is 0 Å². The summed E-state index contributed by atoms with van der Waals surface area (Å²) >= 11 is 0. The first-order chi connectivity index (χ1) is 11.5. The summed E-state index contributed by atoms with van der Waals surface area (Å²) in [5.74, 6) is 5.03. The zero-order valence-electron chi connectivity index (χ0n) is 16.7. The molecule has 24 heavy (non-hydrogen) atoms. The van der Waals surface area contributed by atoms with E-state index in [9.17, 15) is 0 Å². The molecule has 4 saturated carbocycles. The van der Waals surface area contributed by atoms with Gasteiger partial charge in [-0.3, -0.25) is 0 Å². The van der Waals surface area contributed by atoms with Crippen LogP contribution in [0.2, 0.25) is 0 Å². The fourth-order valence-electron chi connectivity index (χ4n) is 8.47. The first-order valence-corrected chi connectivity index (χ1v) is 11.2. The van der Waals surface area contributed by atoms with Crippen LogP contribution >= 0.6 is 0 Å². The highest BCUT2D eigenvalue weighted by atomic mass is 14.6. The summed E-state index contributed by atoms with van der Waals surface area (Å²) in [5.41, 5.74) is 3.17. The summed E-state index contributed by atoms with van der Waals surface area (Å²) in [4.78, 5) is 0. The van der Waals surface area contributed by atoms with Crippen LogP contribution in [-0.2, 0) is 0 Å². The van der Waals surface area contributed by atoms with Gasteiger partial charge in [-0.1, -0.05) is 58.1 Å². The van der Waals surface area contributed by atoms with Crippen molar-refractivity contribution in [1.82, 2.24) is 0 Å². The molecule has 0 saturated heterocycles. The summed E-state index contributed by atoms with van der Waals surface area (Å²) in [6, 6.07) is 0. The lowest BCUT2D eigenvalue weighted by atomic mass is 9.44. The molecule has 0 aromatic heterocycles. The molecular formula is C24H40. The van der Waals surface area contributed by atoms with Crippen molar-refractivity contribution in [1.29, 1.82) is 0 Å². The second-order valence-corrected chi connectivity index (χ2v) is 10.4. The van der Waals surface area contributed by atoms with E-state index in [1.54, 1.807) is 12.8 Å². The van der Waals surface area contributed by atoms with Gasteiger partial charge in [-0.05, 0) is 92.3 Å². The maximum Gasteiger partial charge on any atom is -0.0146 e. The maximum atomic E-state index is 2.71. The molecule has 7 atom stereocenters. The molecule has 0 amide bonds. The highest BCUT2D eigenvalue weighted by molar-refractivity contribution is 5.21. The fourth-order valence-corrected chi connectivity index (χ4v) is 8.47. The lowest BCUT2D eigenvalue weighted by Crippen LogP contribution is -2.53. The monoisotopic (exact) mass is 328 g/mol. The highest BCUT2D eigenvalue weighted by Gasteiger charge is 2.60. The molecule has 0 bridgehead atoms. The van der Waals surface area contributed by atoms with Crippen LogP contribution in [0.1, 0.15) is 98.3 Å². The molecule has 4 rings (SSSR count). The lowest BCUT2D eigenvalue weighted by Gasteiger charge is -2.61. The lowest BCUT2D eigenvalue weighted by molar-refractivity contribution is -0.0900. The van der Waals surface area contributed by atoms with Crippen molar-refractivity contribution in [3.8, 4) is 0 Å². The molecule has 0 aromatic carbocycles. The molecule has 0 radical (unpaired) electrons. The van der Waals surface area contributed by atoms with Crippen molar-refractivity contribution in [2.45, 2.75) is 98.3 Å². The van der Waals surface area contributed by atoms with Gasteiger partial charge in [-0.2, -0.15) is 0 Å². The zero-order valence-corrected chi connectivity index (χ0v) is 16.7. The van der Waals surface area contributed by atoms with Gasteiger partial charge in [-0.15, -0.1) is 0 Å². The third kappa shape index (κ3) is 2.30. The van der Waals surface area contributed by atoms with Crippen molar-refractivity contribution in [2.24, 2.45) is 40.4 Å². The predicted molar refractivity (Wildman–Crippen MR) is 104 cm³/mol. The summed E-state index contributed by atoms with van der Waals surface area (Å²) in [6.45, 7) is 10.1. The van der Waals surface area contributed by atoms with E-state index in [-0.39, 0.29) is 0 Å². The number of hydrogen-bond acceptors (Lipinski definition) is 0. The van der Waals surface area contributed by atoms with Gasteiger partial charge < -0.3 is 0 Å². The van der Waals surface area contributed by atoms with Gasteiger partial charge in [-0.25, -0.2) is 0 Å². The maximum absolute atomic E-state index is 2.71. The molecule has 0 heteroatoms. The summed E-state index contributed by atoms with van der Waals surface area (Å²) < 4.78 is 0. The van der Waals surface area contributed by atoms with E-state index in [4.69, 9.17) is 0 Å². The van der Waals surface area contributed by atoms with Crippen molar-refractivity contribution < 1.29 is 0 Å². The number of rotatable bonds is 2. The van der Waals surface area contributed by atoms with E-state index in [1.165, 1.54) is 57.8 Å². The number of hydrogen-bond donors (Lipinski definition) is 0. The Morgan fingerprint density at radius 3 is 2.50 bits per heavy atom. The van der Waals surface area contributed by atoms with Gasteiger partial charge in [0.1, 0.15) is 0 Å². The SMILES string of the molecule is C/C=C1/CC2C3CCC(CCC)C3(C)CCC2C2(C)CCCCC12. The number of allylic oxidation sites excluding steroid dienone is 2. The molecule has 0 nitrogen and oxygen atoms in total. The molecule has 0 N–H and O–H groups in total. The second kappa shape index (κ2) is 6.17. The minimum atomic E-state index is 0.632. The van der Waals surface area contributed by atoms with Gasteiger partial charge in [0.2, 0.25) is 0 Å². The van der Waals surface area contributed by atoms with Crippen LogP contribution in [0.4, 0.5) is 0 Å². The first kappa shape index (κ1) is 17.2. The average molecular weight is 329 g/mol. The van der Waals surface area contributed by atoms with Gasteiger partial charge in [0.15, 0.2) is 0 Å². The van der Waals surface area contributed by atoms with E-state index in [2.05, 4.69) is 33.8 Å². The van der Waals surface area contributed by atoms with Crippen LogP contribution in [0.5, 0.6) is 0 Å². The van der Waals surface area contributed by atoms with Gasteiger partial charge >= 0.3 is 0 Å². The number of fused-ring (bicyclic) bond motifs is 5. The Bertz CT molecular complexity index is 502. The minimum Gasteiger partial charge on any atom is -0.0881 e. The predicted octanol–water partition coefficient (Wildman–Crippen LogP) is 7.39. The quantitative estimate of drug-likeness (QED) is 0.463. The third-order valence-electron chi connectivity index (χ3n) is 9.66. The van der Waals surface area contributed by atoms with Gasteiger partial charge in [0.05, 0.1) is 0 Å². The van der Waals surface area contributed by atoms with Crippen LogP contribution < -0.4 is 0 Å².